The number of hydrogen-bond acceptors (Lipinski definition) is 2. The molecule has 0 aliphatic heterocycles. The van der Waals surface area contributed by atoms with Crippen LogP contribution >= 0.6 is 0 Å². The average molecular weight is 236 g/mol. The van der Waals surface area contributed by atoms with Crippen LogP contribution < -0.4 is 0 Å². The van der Waals surface area contributed by atoms with Gasteiger partial charge in [0.15, 0.2) is 0 Å². The molecule has 0 fully saturated rings. The van der Waals surface area contributed by atoms with Gasteiger partial charge in [-0.2, -0.15) is 0 Å². The van der Waals surface area contributed by atoms with Gasteiger partial charge < -0.3 is 10.2 Å². The van der Waals surface area contributed by atoms with Gasteiger partial charge in [0.1, 0.15) is 12.2 Å². The molecule has 0 aromatic carbocycles. The number of allylic oxidation sites excluding steroid dienone is 3. The molecule has 0 heterocycles. The summed E-state index contributed by atoms with van der Waals surface area (Å²) < 4.78 is 0. The first kappa shape index (κ1) is 14.2. The second-order valence-electron chi connectivity index (χ2n) is 5.55. The van der Waals surface area contributed by atoms with Crippen molar-refractivity contribution in [1.82, 2.24) is 0 Å². The molecule has 17 heavy (non-hydrogen) atoms. The summed E-state index contributed by atoms with van der Waals surface area (Å²) in [6.07, 6.45) is 7.84. The zero-order valence-electron chi connectivity index (χ0n) is 11.1. The molecule has 0 amide bonds. The largest absolute Gasteiger partial charge is 0.386 e. The zero-order chi connectivity index (χ0) is 13.1. The second-order valence-corrected chi connectivity index (χ2v) is 5.55. The van der Waals surface area contributed by atoms with Crippen molar-refractivity contribution in [1.29, 1.82) is 0 Å². The Bertz CT molecular complexity index is 326. The Kier molecular flexibility index (Phi) is 4.72. The van der Waals surface area contributed by atoms with E-state index < -0.39 is 12.2 Å². The van der Waals surface area contributed by atoms with E-state index in [1.165, 1.54) is 11.6 Å². The van der Waals surface area contributed by atoms with Gasteiger partial charge in [-0.15, -0.1) is 6.58 Å². The minimum absolute atomic E-state index is 0.216. The van der Waals surface area contributed by atoms with Gasteiger partial charge in [0.2, 0.25) is 0 Å². The number of aliphatic hydroxyl groups is 2. The van der Waals surface area contributed by atoms with Crippen LogP contribution in [0.2, 0.25) is 0 Å². The molecule has 96 valence electrons. The van der Waals surface area contributed by atoms with Gasteiger partial charge >= 0.3 is 0 Å². The highest BCUT2D eigenvalue weighted by Gasteiger charge is 2.30. The van der Waals surface area contributed by atoms with Gasteiger partial charge in [0, 0.05) is 5.92 Å². The summed E-state index contributed by atoms with van der Waals surface area (Å²) in [6.45, 7) is 10.1. The van der Waals surface area contributed by atoms with E-state index in [4.69, 9.17) is 0 Å². The molecule has 1 aliphatic rings. The SMILES string of the molecule is C=CC(O)C(O)C=CC1C(C)=CCCC1(C)C. The maximum Gasteiger partial charge on any atom is 0.102 e. The van der Waals surface area contributed by atoms with Crippen molar-refractivity contribution in [3.8, 4) is 0 Å². The third-order valence-corrected chi connectivity index (χ3v) is 3.68. The van der Waals surface area contributed by atoms with E-state index in [1.54, 1.807) is 6.08 Å². The molecule has 0 aromatic rings. The third kappa shape index (κ3) is 3.55. The van der Waals surface area contributed by atoms with Crippen LogP contribution in [0.25, 0.3) is 0 Å². The average Bonchev–Trinajstić information content (AvgIpc) is 2.26. The van der Waals surface area contributed by atoms with E-state index in [0.29, 0.717) is 5.92 Å². The van der Waals surface area contributed by atoms with Gasteiger partial charge in [-0.25, -0.2) is 0 Å². The first-order chi connectivity index (χ1) is 7.88. The normalized spacial score (nSPS) is 27.6. The summed E-state index contributed by atoms with van der Waals surface area (Å²) in [4.78, 5) is 0. The highest BCUT2D eigenvalue weighted by Crippen LogP contribution is 2.41. The first-order valence-electron chi connectivity index (χ1n) is 6.22. The van der Waals surface area contributed by atoms with Crippen LogP contribution in [-0.2, 0) is 0 Å². The Labute approximate surface area is 104 Å². The number of rotatable bonds is 4. The van der Waals surface area contributed by atoms with Crippen molar-refractivity contribution < 1.29 is 10.2 Å². The molecule has 2 N–H and O–H groups in total. The Balaban J connectivity index is 2.78. The Hall–Kier alpha value is -0.860. The lowest BCUT2D eigenvalue weighted by Crippen LogP contribution is -2.27. The predicted octanol–water partition coefficient (Wildman–Crippen LogP) is 2.83. The van der Waals surface area contributed by atoms with Crippen molar-refractivity contribution in [2.75, 3.05) is 0 Å². The van der Waals surface area contributed by atoms with Crippen LogP contribution in [0.1, 0.15) is 33.6 Å². The van der Waals surface area contributed by atoms with E-state index in [0.717, 1.165) is 12.8 Å². The number of hydrogen-bond donors (Lipinski definition) is 2. The van der Waals surface area contributed by atoms with Gasteiger partial charge in [-0.3, -0.25) is 0 Å². The van der Waals surface area contributed by atoms with Crippen LogP contribution in [0, 0.1) is 11.3 Å². The van der Waals surface area contributed by atoms with Crippen LogP contribution in [0.15, 0.2) is 36.5 Å². The summed E-state index contributed by atoms with van der Waals surface area (Å²) in [5.74, 6) is 0.336. The molecule has 0 saturated carbocycles. The molecule has 0 bridgehead atoms. The summed E-state index contributed by atoms with van der Waals surface area (Å²) >= 11 is 0. The topological polar surface area (TPSA) is 40.5 Å². The summed E-state index contributed by atoms with van der Waals surface area (Å²) in [5, 5.41) is 19.1. The molecule has 0 aromatic heterocycles. The molecule has 1 rings (SSSR count). The molecule has 3 atom stereocenters. The van der Waals surface area contributed by atoms with Crippen LogP contribution in [0.5, 0.6) is 0 Å². The van der Waals surface area contributed by atoms with E-state index in [2.05, 4.69) is 33.4 Å². The maximum atomic E-state index is 9.68. The molecule has 0 spiro atoms. The lowest BCUT2D eigenvalue weighted by atomic mass is 9.68. The Morgan fingerprint density at radius 2 is 2.06 bits per heavy atom. The smallest absolute Gasteiger partial charge is 0.102 e. The lowest BCUT2D eigenvalue weighted by Gasteiger charge is -2.36. The Morgan fingerprint density at radius 1 is 1.41 bits per heavy atom. The molecule has 1 aliphatic carbocycles. The van der Waals surface area contributed by atoms with E-state index in [1.807, 2.05) is 6.08 Å². The summed E-state index contributed by atoms with van der Waals surface area (Å²) in [7, 11) is 0. The maximum absolute atomic E-state index is 9.68. The molecule has 3 unspecified atom stereocenters. The fourth-order valence-corrected chi connectivity index (χ4v) is 2.46. The number of aliphatic hydroxyl groups excluding tert-OH is 2. The molecule has 0 saturated heterocycles. The summed E-state index contributed by atoms with van der Waals surface area (Å²) in [6, 6.07) is 0. The fraction of sp³-hybridized carbons (Fsp3) is 0.600. The zero-order valence-corrected chi connectivity index (χ0v) is 11.1. The van der Waals surface area contributed by atoms with Gasteiger partial charge in [0.25, 0.3) is 0 Å². The van der Waals surface area contributed by atoms with Crippen molar-refractivity contribution in [2.45, 2.75) is 45.8 Å². The van der Waals surface area contributed by atoms with Crippen molar-refractivity contribution in [3.05, 3.63) is 36.5 Å². The first-order valence-corrected chi connectivity index (χ1v) is 6.22. The van der Waals surface area contributed by atoms with Crippen molar-refractivity contribution in [2.24, 2.45) is 11.3 Å². The van der Waals surface area contributed by atoms with E-state index in [9.17, 15) is 10.2 Å². The quantitative estimate of drug-likeness (QED) is 0.737. The van der Waals surface area contributed by atoms with Crippen LogP contribution in [-0.4, -0.2) is 22.4 Å². The van der Waals surface area contributed by atoms with Gasteiger partial charge in [-0.1, -0.05) is 43.7 Å². The molecular weight excluding hydrogens is 212 g/mol. The van der Waals surface area contributed by atoms with Crippen molar-refractivity contribution >= 4 is 0 Å². The molecular formula is C15H24O2. The van der Waals surface area contributed by atoms with Crippen molar-refractivity contribution in [3.63, 3.8) is 0 Å². The Morgan fingerprint density at radius 3 is 2.59 bits per heavy atom. The standard InChI is InChI=1S/C15H24O2/c1-5-13(16)14(17)9-8-12-11(2)7-6-10-15(12,3)4/h5,7-9,12-14,16-17H,1,6,10H2,2-4H3. The van der Waals surface area contributed by atoms with E-state index >= 15 is 0 Å². The van der Waals surface area contributed by atoms with Crippen LogP contribution in [0.3, 0.4) is 0 Å². The van der Waals surface area contributed by atoms with E-state index in [-0.39, 0.29) is 5.41 Å². The van der Waals surface area contributed by atoms with Gasteiger partial charge in [-0.05, 0) is 25.2 Å². The van der Waals surface area contributed by atoms with Gasteiger partial charge in [0.05, 0.1) is 0 Å². The highest BCUT2D eigenvalue weighted by molar-refractivity contribution is 5.19. The predicted molar refractivity (Wildman–Crippen MR) is 71.6 cm³/mol. The molecule has 0 radical (unpaired) electrons. The molecule has 2 nitrogen and oxygen atoms in total. The summed E-state index contributed by atoms with van der Waals surface area (Å²) in [5.41, 5.74) is 1.56. The lowest BCUT2D eigenvalue weighted by molar-refractivity contribution is 0.0803. The third-order valence-electron chi connectivity index (χ3n) is 3.68. The fourth-order valence-electron chi connectivity index (χ4n) is 2.46. The minimum Gasteiger partial charge on any atom is -0.386 e. The van der Waals surface area contributed by atoms with Crippen LogP contribution in [0.4, 0.5) is 0 Å². The second kappa shape index (κ2) is 5.65. The minimum atomic E-state index is -0.887. The molecule has 2 heteroatoms. The monoisotopic (exact) mass is 236 g/mol. The highest BCUT2D eigenvalue weighted by atomic mass is 16.3.